The highest BCUT2D eigenvalue weighted by atomic mass is 16.5. The summed E-state index contributed by atoms with van der Waals surface area (Å²) < 4.78 is 10.8. The number of para-hydroxylation sites is 1. The minimum Gasteiger partial charge on any atom is -0.481 e. The third kappa shape index (κ3) is 5.58. The molecule has 144 valence electrons. The number of ether oxygens (including phenoxy) is 2. The summed E-state index contributed by atoms with van der Waals surface area (Å²) in [5, 5.41) is 2.74. The van der Waals surface area contributed by atoms with Crippen LogP contribution in [-0.4, -0.2) is 24.6 Å². The molecule has 0 saturated carbocycles. The van der Waals surface area contributed by atoms with Crippen LogP contribution < -0.4 is 10.1 Å². The van der Waals surface area contributed by atoms with Crippen molar-refractivity contribution in [2.45, 2.75) is 46.1 Å². The standard InChI is InChI=1S/C22H27NO4/c1-6-26-21(25)18-9-7-8-10-19(18)23-20(24)15(2)27-17-13-11-16(12-14-17)22(3,4)5/h7-15H,6H2,1-5H3,(H,23,24). The van der Waals surface area contributed by atoms with Gasteiger partial charge in [0, 0.05) is 0 Å². The number of nitrogens with one attached hydrogen (secondary N) is 1. The highest BCUT2D eigenvalue weighted by Crippen LogP contribution is 2.25. The lowest BCUT2D eigenvalue weighted by molar-refractivity contribution is -0.122. The molecule has 0 aromatic heterocycles. The summed E-state index contributed by atoms with van der Waals surface area (Å²) in [5.41, 5.74) is 1.96. The van der Waals surface area contributed by atoms with Crippen molar-refractivity contribution in [2.24, 2.45) is 0 Å². The molecule has 0 aliphatic heterocycles. The summed E-state index contributed by atoms with van der Waals surface area (Å²) in [6.45, 7) is 10.1. The van der Waals surface area contributed by atoms with E-state index in [0.717, 1.165) is 0 Å². The second kappa shape index (κ2) is 8.71. The molecule has 0 saturated heterocycles. The molecule has 5 nitrogen and oxygen atoms in total. The van der Waals surface area contributed by atoms with E-state index in [2.05, 4.69) is 26.1 Å². The lowest BCUT2D eigenvalue weighted by atomic mass is 9.87. The van der Waals surface area contributed by atoms with Crippen LogP contribution in [0, 0.1) is 0 Å². The molecule has 2 aromatic rings. The van der Waals surface area contributed by atoms with Gasteiger partial charge in [-0.2, -0.15) is 0 Å². The molecule has 0 spiro atoms. The Balaban J connectivity index is 2.05. The highest BCUT2D eigenvalue weighted by molar-refractivity contribution is 6.02. The van der Waals surface area contributed by atoms with Gasteiger partial charge >= 0.3 is 5.97 Å². The van der Waals surface area contributed by atoms with E-state index in [0.29, 0.717) is 17.0 Å². The van der Waals surface area contributed by atoms with Gasteiger partial charge in [0.05, 0.1) is 17.9 Å². The Morgan fingerprint density at radius 1 is 1.04 bits per heavy atom. The maximum Gasteiger partial charge on any atom is 0.340 e. The zero-order valence-corrected chi connectivity index (χ0v) is 16.5. The summed E-state index contributed by atoms with van der Waals surface area (Å²) >= 11 is 0. The molecule has 0 radical (unpaired) electrons. The molecule has 2 aromatic carbocycles. The molecule has 5 heteroatoms. The van der Waals surface area contributed by atoms with Gasteiger partial charge in [-0.3, -0.25) is 4.79 Å². The van der Waals surface area contributed by atoms with Gasteiger partial charge < -0.3 is 14.8 Å². The SMILES string of the molecule is CCOC(=O)c1ccccc1NC(=O)C(C)Oc1ccc(C(C)(C)C)cc1. The van der Waals surface area contributed by atoms with Gasteiger partial charge in [-0.1, -0.05) is 45.0 Å². The second-order valence-corrected chi connectivity index (χ2v) is 7.29. The number of hydrogen-bond acceptors (Lipinski definition) is 4. The summed E-state index contributed by atoms with van der Waals surface area (Å²) in [4.78, 5) is 24.5. The fourth-order valence-electron chi connectivity index (χ4n) is 2.50. The highest BCUT2D eigenvalue weighted by Gasteiger charge is 2.19. The van der Waals surface area contributed by atoms with Crippen molar-refractivity contribution in [3.8, 4) is 5.75 Å². The van der Waals surface area contributed by atoms with E-state index in [1.807, 2.05) is 24.3 Å². The first-order valence-electron chi connectivity index (χ1n) is 9.06. The predicted molar refractivity (Wildman–Crippen MR) is 106 cm³/mol. The Morgan fingerprint density at radius 2 is 1.67 bits per heavy atom. The van der Waals surface area contributed by atoms with Crippen molar-refractivity contribution in [1.29, 1.82) is 0 Å². The molecule has 1 unspecified atom stereocenters. The van der Waals surface area contributed by atoms with Gasteiger partial charge in [0.15, 0.2) is 6.10 Å². The maximum atomic E-state index is 12.5. The molecular weight excluding hydrogens is 342 g/mol. The fraction of sp³-hybridized carbons (Fsp3) is 0.364. The number of benzene rings is 2. The molecule has 1 amide bonds. The van der Waals surface area contributed by atoms with E-state index >= 15 is 0 Å². The third-order valence-corrected chi connectivity index (χ3v) is 4.08. The van der Waals surface area contributed by atoms with Crippen molar-refractivity contribution >= 4 is 17.6 Å². The van der Waals surface area contributed by atoms with Crippen molar-refractivity contribution in [3.63, 3.8) is 0 Å². The van der Waals surface area contributed by atoms with Crippen LogP contribution in [0.4, 0.5) is 5.69 Å². The van der Waals surface area contributed by atoms with Gasteiger partial charge in [-0.25, -0.2) is 4.79 Å². The molecule has 1 N–H and O–H groups in total. The number of anilines is 1. The number of carbonyl (C=O) groups is 2. The van der Waals surface area contributed by atoms with Crippen LogP contribution in [0.2, 0.25) is 0 Å². The first-order chi connectivity index (χ1) is 12.7. The average Bonchev–Trinajstić information content (AvgIpc) is 2.62. The van der Waals surface area contributed by atoms with Gasteiger partial charge in [-0.05, 0) is 49.1 Å². The van der Waals surface area contributed by atoms with E-state index in [1.54, 1.807) is 38.1 Å². The monoisotopic (exact) mass is 369 g/mol. The topological polar surface area (TPSA) is 64.6 Å². The van der Waals surface area contributed by atoms with Gasteiger partial charge in [0.1, 0.15) is 5.75 Å². The zero-order valence-electron chi connectivity index (χ0n) is 16.5. The van der Waals surface area contributed by atoms with Crippen LogP contribution in [0.15, 0.2) is 48.5 Å². The maximum absolute atomic E-state index is 12.5. The molecule has 0 aliphatic rings. The Kier molecular flexibility index (Phi) is 6.61. The van der Waals surface area contributed by atoms with Crippen LogP contribution >= 0.6 is 0 Å². The van der Waals surface area contributed by atoms with Gasteiger partial charge in [0.2, 0.25) is 0 Å². The van der Waals surface area contributed by atoms with Crippen molar-refractivity contribution < 1.29 is 19.1 Å². The third-order valence-electron chi connectivity index (χ3n) is 4.08. The van der Waals surface area contributed by atoms with Crippen LogP contribution in [0.1, 0.15) is 50.5 Å². The summed E-state index contributed by atoms with van der Waals surface area (Å²) in [6, 6.07) is 14.5. The minimum atomic E-state index is -0.722. The van der Waals surface area contributed by atoms with Crippen LogP contribution in [-0.2, 0) is 14.9 Å². The number of amides is 1. The molecule has 0 bridgehead atoms. The lowest BCUT2D eigenvalue weighted by Gasteiger charge is -2.20. The minimum absolute atomic E-state index is 0.0539. The first-order valence-corrected chi connectivity index (χ1v) is 9.06. The Hall–Kier alpha value is -2.82. The van der Waals surface area contributed by atoms with E-state index in [4.69, 9.17) is 9.47 Å². The van der Waals surface area contributed by atoms with Gasteiger partial charge in [0.25, 0.3) is 5.91 Å². The number of hydrogen-bond donors (Lipinski definition) is 1. The normalized spacial score (nSPS) is 12.2. The number of carbonyl (C=O) groups excluding carboxylic acids is 2. The lowest BCUT2D eigenvalue weighted by Crippen LogP contribution is -2.30. The second-order valence-electron chi connectivity index (χ2n) is 7.29. The molecule has 0 fully saturated rings. The van der Waals surface area contributed by atoms with E-state index in [9.17, 15) is 9.59 Å². The van der Waals surface area contributed by atoms with Crippen molar-refractivity contribution in [2.75, 3.05) is 11.9 Å². The van der Waals surface area contributed by atoms with E-state index in [-0.39, 0.29) is 17.9 Å². The number of rotatable bonds is 6. The molecule has 0 heterocycles. The van der Waals surface area contributed by atoms with Crippen molar-refractivity contribution in [1.82, 2.24) is 0 Å². The average molecular weight is 369 g/mol. The summed E-state index contributed by atoms with van der Waals surface area (Å²) in [6.07, 6.45) is -0.722. The molecule has 27 heavy (non-hydrogen) atoms. The largest absolute Gasteiger partial charge is 0.481 e. The molecular formula is C22H27NO4. The predicted octanol–water partition coefficient (Wildman–Crippen LogP) is 4.57. The molecule has 1 atom stereocenters. The molecule has 2 rings (SSSR count). The van der Waals surface area contributed by atoms with E-state index < -0.39 is 12.1 Å². The van der Waals surface area contributed by atoms with Crippen molar-refractivity contribution in [3.05, 3.63) is 59.7 Å². The fourth-order valence-corrected chi connectivity index (χ4v) is 2.50. The Bertz CT molecular complexity index is 791. The van der Waals surface area contributed by atoms with Gasteiger partial charge in [-0.15, -0.1) is 0 Å². The van der Waals surface area contributed by atoms with Crippen LogP contribution in [0.5, 0.6) is 5.75 Å². The number of esters is 1. The Morgan fingerprint density at radius 3 is 2.26 bits per heavy atom. The quantitative estimate of drug-likeness (QED) is 0.758. The smallest absolute Gasteiger partial charge is 0.340 e. The summed E-state index contributed by atoms with van der Waals surface area (Å²) in [7, 11) is 0. The zero-order chi connectivity index (χ0) is 20.0. The summed E-state index contributed by atoms with van der Waals surface area (Å²) in [5.74, 6) is -0.198. The Labute approximate surface area is 160 Å². The first kappa shape index (κ1) is 20.5. The van der Waals surface area contributed by atoms with Crippen LogP contribution in [0.3, 0.4) is 0 Å². The van der Waals surface area contributed by atoms with E-state index in [1.165, 1.54) is 5.56 Å². The molecule has 0 aliphatic carbocycles. The van der Waals surface area contributed by atoms with Crippen LogP contribution in [0.25, 0.3) is 0 Å².